The summed E-state index contributed by atoms with van der Waals surface area (Å²) in [4.78, 5) is 7.31. The molecule has 0 amide bonds. The van der Waals surface area contributed by atoms with Crippen molar-refractivity contribution < 1.29 is 65.9 Å². The molecule has 0 aliphatic carbocycles. The number of benzene rings is 11. The monoisotopic (exact) mass is 1310 g/mol. The van der Waals surface area contributed by atoms with Gasteiger partial charge in [-0.25, -0.2) is 9.69 Å². The van der Waals surface area contributed by atoms with Crippen molar-refractivity contribution in [3.8, 4) is 78.1 Å². The Morgan fingerprint density at radius 1 is 0.260 bits per heavy atom. The molecule has 19 heteroatoms. The number of aryl methyl sites for hydroxylation is 4. The van der Waals surface area contributed by atoms with E-state index in [-0.39, 0.29) is 61.6 Å². The molecule has 0 N–H and O–H groups in total. The van der Waals surface area contributed by atoms with Crippen molar-refractivity contribution in [1.82, 2.24) is 9.13 Å². The molecule has 11 aromatic carbocycles. The van der Waals surface area contributed by atoms with Gasteiger partial charge in [-0.15, -0.1) is 0 Å². The first kappa shape index (κ1) is 63.7. The van der Waals surface area contributed by atoms with Crippen LogP contribution in [0.4, 0.5) is 77.2 Å². The Morgan fingerprint density at radius 2 is 0.594 bits per heavy atom. The smallest absolute Gasteiger partial charge is 0.309 e. The molecule has 0 aliphatic heterocycles. The van der Waals surface area contributed by atoms with Crippen LogP contribution in [0.15, 0.2) is 200 Å². The van der Waals surface area contributed by atoms with Gasteiger partial charge in [0.2, 0.25) is 0 Å². The van der Waals surface area contributed by atoms with Crippen LogP contribution in [-0.2, 0) is 30.9 Å². The number of rotatable bonds is 8. The van der Waals surface area contributed by atoms with Gasteiger partial charge in [-0.2, -0.15) is 65.9 Å². The second-order valence-corrected chi connectivity index (χ2v) is 23.8. The minimum Gasteiger partial charge on any atom is -0.309 e. The van der Waals surface area contributed by atoms with Crippen LogP contribution in [0.3, 0.4) is 0 Å². The Bertz CT molecular complexity index is 5240. The summed E-state index contributed by atoms with van der Waals surface area (Å²) in [7, 11) is 0. The van der Waals surface area contributed by atoms with E-state index in [1.165, 1.54) is 33.8 Å². The highest BCUT2D eigenvalue weighted by Gasteiger charge is 2.36. The summed E-state index contributed by atoms with van der Waals surface area (Å²) < 4.78 is 220. The molecular formula is C77H45F15N4. The Balaban J connectivity index is 1.13. The van der Waals surface area contributed by atoms with Crippen molar-refractivity contribution in [3.05, 3.63) is 273 Å². The van der Waals surface area contributed by atoms with Crippen molar-refractivity contribution >= 4 is 55.0 Å². The van der Waals surface area contributed by atoms with Crippen molar-refractivity contribution in [2.45, 2.75) is 58.6 Å². The van der Waals surface area contributed by atoms with Crippen molar-refractivity contribution in [3.63, 3.8) is 0 Å². The lowest BCUT2D eigenvalue weighted by Gasteiger charge is -2.21. The fourth-order valence-corrected chi connectivity index (χ4v) is 12.9. The van der Waals surface area contributed by atoms with Crippen LogP contribution < -0.4 is 0 Å². The van der Waals surface area contributed by atoms with E-state index < -0.39 is 58.7 Å². The second-order valence-electron chi connectivity index (χ2n) is 23.8. The van der Waals surface area contributed by atoms with Crippen LogP contribution in [0.1, 0.15) is 50.1 Å². The van der Waals surface area contributed by atoms with Gasteiger partial charge in [0.1, 0.15) is 0 Å². The van der Waals surface area contributed by atoms with Crippen molar-refractivity contribution in [2.24, 2.45) is 0 Å². The van der Waals surface area contributed by atoms with Gasteiger partial charge in [-0.3, -0.25) is 0 Å². The molecule has 0 bridgehead atoms. The first-order valence-electron chi connectivity index (χ1n) is 29.4. The second kappa shape index (κ2) is 22.9. The summed E-state index contributed by atoms with van der Waals surface area (Å²) in [5, 5.41) is 1.64. The molecule has 13 rings (SSSR count). The molecule has 0 fully saturated rings. The zero-order valence-corrected chi connectivity index (χ0v) is 50.5. The SMILES string of the molecule is [C-]#[N+]c1ccc(-n2c3ccc(-c4cc(C)cc(C(F)(F)F)c4)cc3c3cc(-c4cc(C)cc(C(F)(F)F)c4)ccc32)c(-c2ccc(-c3ccc(C(F)(F)F)cc3[N+]#[C-])cc2-n2c3ccc(-c4cc(C)cc(C(F)(F)F)c4)cc3c3cc(-c4cc(C)cc(C(F)(F)F)c4)ccc32)c1. The molecule has 13 aromatic rings. The fourth-order valence-electron chi connectivity index (χ4n) is 12.9. The van der Waals surface area contributed by atoms with Crippen LogP contribution in [-0.4, -0.2) is 9.13 Å². The first-order valence-corrected chi connectivity index (χ1v) is 29.4. The summed E-state index contributed by atoms with van der Waals surface area (Å²) in [5.74, 6) is 0. The zero-order valence-electron chi connectivity index (χ0n) is 50.5. The third-order valence-corrected chi connectivity index (χ3v) is 17.1. The van der Waals surface area contributed by atoms with E-state index in [1.807, 2.05) is 4.57 Å². The molecule has 0 radical (unpaired) electrons. The molecule has 0 saturated carbocycles. The molecule has 0 aliphatic rings. The largest absolute Gasteiger partial charge is 0.416 e. The lowest BCUT2D eigenvalue weighted by Crippen LogP contribution is -2.05. The molecule has 0 saturated heterocycles. The van der Waals surface area contributed by atoms with E-state index in [2.05, 4.69) is 9.69 Å². The average molecular weight is 1310 g/mol. The van der Waals surface area contributed by atoms with Gasteiger partial charge in [0.05, 0.1) is 68.8 Å². The number of hydrogen-bond donors (Lipinski definition) is 0. The number of halogens is 15. The molecule has 0 spiro atoms. The van der Waals surface area contributed by atoms with E-state index in [4.69, 9.17) is 13.1 Å². The van der Waals surface area contributed by atoms with Gasteiger partial charge < -0.3 is 9.13 Å². The highest BCUT2D eigenvalue weighted by molar-refractivity contribution is 6.14. The standard InChI is InChI=1S/C77H45F15N4/c1-40-21-49(29-54(25-40)74(81,82)83)44-8-16-67-61(33-44)62-34-45(50-22-41(2)26-55(30-50)75(84,85)86)9-17-68(62)95(67)71-20-13-58(93-5)39-65(71)60-14-7-48(59-15-12-53(73(78,79)80)38-66(59)94-6)37-72(60)96-69-18-10-46(51-23-42(3)27-56(31-51)76(87,88)89)35-63(69)64-36-47(11-19-70(64)96)52-24-43(4)28-57(32-52)77(90,91)92/h7-39H,1-4H3. The zero-order chi connectivity index (χ0) is 68.5. The maximum Gasteiger partial charge on any atom is 0.416 e. The maximum absolute atomic E-state index is 14.5. The van der Waals surface area contributed by atoms with Crippen LogP contribution >= 0.6 is 0 Å². The van der Waals surface area contributed by atoms with Gasteiger partial charge in [0.15, 0.2) is 11.4 Å². The van der Waals surface area contributed by atoms with Crippen LogP contribution in [0, 0.1) is 40.8 Å². The summed E-state index contributed by atoms with van der Waals surface area (Å²) in [5.41, 5.74) is 1.28. The highest BCUT2D eigenvalue weighted by Crippen LogP contribution is 2.49. The van der Waals surface area contributed by atoms with Crippen LogP contribution in [0.5, 0.6) is 0 Å². The molecule has 0 atom stereocenters. The Morgan fingerprint density at radius 3 is 0.927 bits per heavy atom. The first-order chi connectivity index (χ1) is 45.2. The minimum absolute atomic E-state index is 0.0621. The highest BCUT2D eigenvalue weighted by atomic mass is 19.4. The Kier molecular flexibility index (Phi) is 15.2. The normalized spacial score (nSPS) is 12.5. The van der Waals surface area contributed by atoms with E-state index in [1.54, 1.807) is 132 Å². The van der Waals surface area contributed by atoms with Gasteiger partial charge in [-0.05, 0) is 232 Å². The molecule has 2 heterocycles. The molecule has 96 heavy (non-hydrogen) atoms. The molecule has 478 valence electrons. The topological polar surface area (TPSA) is 18.6 Å². The summed E-state index contributed by atoms with van der Waals surface area (Å²) in [6, 6.07) is 46.3. The lowest BCUT2D eigenvalue weighted by atomic mass is 9.94. The van der Waals surface area contributed by atoms with Crippen molar-refractivity contribution in [2.75, 3.05) is 0 Å². The lowest BCUT2D eigenvalue weighted by molar-refractivity contribution is -0.138. The van der Waals surface area contributed by atoms with Crippen LogP contribution in [0.25, 0.3) is 131 Å². The molecule has 4 nitrogen and oxygen atoms in total. The molecule has 0 unspecified atom stereocenters. The number of hydrogen-bond acceptors (Lipinski definition) is 0. The number of alkyl halides is 15. The third-order valence-electron chi connectivity index (χ3n) is 17.1. The molecule has 2 aromatic heterocycles. The average Bonchev–Trinajstić information content (AvgIpc) is 1.56. The number of nitrogens with zero attached hydrogens (tertiary/aromatic N) is 4. The van der Waals surface area contributed by atoms with E-state index in [9.17, 15) is 65.9 Å². The number of fused-ring (bicyclic) bond motifs is 6. The van der Waals surface area contributed by atoms with Gasteiger partial charge in [0.25, 0.3) is 0 Å². The van der Waals surface area contributed by atoms with E-state index in [0.717, 1.165) is 60.7 Å². The Labute approximate surface area is 537 Å². The fraction of sp³-hybridized carbons (Fsp3) is 0.117. The predicted molar refractivity (Wildman–Crippen MR) is 344 cm³/mol. The van der Waals surface area contributed by atoms with E-state index >= 15 is 0 Å². The summed E-state index contributed by atoms with van der Waals surface area (Å²) in [6.07, 6.45) is -23.8. The quantitative estimate of drug-likeness (QED) is 0.107. The Hall–Kier alpha value is -11.1. The maximum atomic E-state index is 14.5. The van der Waals surface area contributed by atoms with Gasteiger partial charge >= 0.3 is 30.9 Å². The predicted octanol–water partition coefficient (Wildman–Crippen LogP) is 25.3. The minimum atomic E-state index is -4.85. The molecular weight excluding hydrogens is 1270 g/mol. The summed E-state index contributed by atoms with van der Waals surface area (Å²) >= 11 is 0. The van der Waals surface area contributed by atoms with Crippen LogP contribution in [0.2, 0.25) is 0 Å². The third kappa shape index (κ3) is 11.7. The van der Waals surface area contributed by atoms with E-state index in [0.29, 0.717) is 99.9 Å². The van der Waals surface area contributed by atoms with Crippen molar-refractivity contribution in [1.29, 1.82) is 0 Å². The summed E-state index contributed by atoms with van der Waals surface area (Å²) in [6.45, 7) is 22.5. The van der Waals surface area contributed by atoms with Gasteiger partial charge in [-0.1, -0.05) is 78.9 Å². The number of aromatic nitrogens is 2. The van der Waals surface area contributed by atoms with Gasteiger partial charge in [0, 0.05) is 32.7 Å².